The van der Waals surface area contributed by atoms with E-state index in [1.165, 1.54) is 0 Å². The van der Waals surface area contributed by atoms with Gasteiger partial charge in [-0.2, -0.15) is 0 Å². The van der Waals surface area contributed by atoms with E-state index in [-0.39, 0.29) is 24.0 Å². The van der Waals surface area contributed by atoms with Gasteiger partial charge in [-0.05, 0) is 11.8 Å². The molecular formula is C11H20O3. The molecule has 0 aliphatic carbocycles. The normalized spacial score (nSPS) is 13.3. The molecular weight excluding hydrogens is 180 g/mol. The van der Waals surface area contributed by atoms with Crippen molar-refractivity contribution in [3.63, 3.8) is 0 Å². The molecule has 0 aromatic rings. The highest BCUT2D eigenvalue weighted by molar-refractivity contribution is 5.85. The largest absolute Gasteiger partial charge is 0.481 e. The van der Waals surface area contributed by atoms with Gasteiger partial charge in [0.1, 0.15) is 5.78 Å². The Morgan fingerprint density at radius 1 is 1.07 bits per heavy atom. The van der Waals surface area contributed by atoms with Gasteiger partial charge in [0.2, 0.25) is 0 Å². The molecule has 1 unspecified atom stereocenters. The summed E-state index contributed by atoms with van der Waals surface area (Å²) >= 11 is 0. The van der Waals surface area contributed by atoms with Crippen molar-refractivity contribution in [1.29, 1.82) is 0 Å². The molecule has 0 amide bonds. The van der Waals surface area contributed by atoms with Crippen molar-refractivity contribution in [2.75, 3.05) is 0 Å². The maximum Gasteiger partial charge on any atom is 0.304 e. The van der Waals surface area contributed by atoms with Crippen LogP contribution < -0.4 is 0 Å². The van der Waals surface area contributed by atoms with E-state index in [4.69, 9.17) is 5.11 Å². The highest BCUT2D eigenvalue weighted by Crippen LogP contribution is 2.20. The Bertz CT molecular complexity index is 207. The Morgan fingerprint density at radius 2 is 1.57 bits per heavy atom. The SMILES string of the molecule is CC(C)CC(=O)C(CC(=O)O)C(C)C. The van der Waals surface area contributed by atoms with Gasteiger partial charge in [0.15, 0.2) is 0 Å². The van der Waals surface area contributed by atoms with E-state index in [2.05, 4.69) is 0 Å². The fourth-order valence-corrected chi connectivity index (χ4v) is 1.46. The van der Waals surface area contributed by atoms with Gasteiger partial charge in [-0.15, -0.1) is 0 Å². The number of rotatable bonds is 6. The Labute approximate surface area is 85.5 Å². The number of carbonyl (C=O) groups excluding carboxylic acids is 1. The number of hydrogen-bond donors (Lipinski definition) is 1. The van der Waals surface area contributed by atoms with E-state index >= 15 is 0 Å². The summed E-state index contributed by atoms with van der Waals surface area (Å²) in [5, 5.41) is 8.66. The number of carboxylic acid groups (broad SMARTS) is 1. The van der Waals surface area contributed by atoms with Crippen LogP contribution in [0.2, 0.25) is 0 Å². The fourth-order valence-electron chi connectivity index (χ4n) is 1.46. The van der Waals surface area contributed by atoms with Crippen molar-refractivity contribution in [2.24, 2.45) is 17.8 Å². The van der Waals surface area contributed by atoms with E-state index in [1.807, 2.05) is 27.7 Å². The van der Waals surface area contributed by atoms with Gasteiger partial charge in [-0.1, -0.05) is 27.7 Å². The van der Waals surface area contributed by atoms with Crippen LogP contribution in [-0.4, -0.2) is 16.9 Å². The third kappa shape index (κ3) is 5.00. The first kappa shape index (κ1) is 13.1. The van der Waals surface area contributed by atoms with Gasteiger partial charge in [0, 0.05) is 12.3 Å². The number of hydrogen-bond acceptors (Lipinski definition) is 2. The minimum atomic E-state index is -0.888. The molecule has 3 heteroatoms. The first-order chi connectivity index (χ1) is 6.34. The molecule has 0 aliphatic rings. The van der Waals surface area contributed by atoms with Gasteiger partial charge >= 0.3 is 5.97 Å². The molecule has 0 aliphatic heterocycles. The van der Waals surface area contributed by atoms with E-state index in [0.717, 1.165) is 0 Å². The second kappa shape index (κ2) is 5.78. The van der Waals surface area contributed by atoms with Crippen LogP contribution in [0, 0.1) is 17.8 Å². The number of Topliss-reactive ketones (excluding diaryl/α,β-unsaturated/α-hetero) is 1. The van der Waals surface area contributed by atoms with Crippen LogP contribution in [0.3, 0.4) is 0 Å². The monoisotopic (exact) mass is 200 g/mol. The summed E-state index contributed by atoms with van der Waals surface area (Å²) in [6.07, 6.45) is 0.444. The minimum Gasteiger partial charge on any atom is -0.481 e. The molecule has 1 N–H and O–H groups in total. The quantitative estimate of drug-likeness (QED) is 0.716. The third-order valence-corrected chi connectivity index (χ3v) is 2.22. The Kier molecular flexibility index (Phi) is 5.43. The lowest BCUT2D eigenvalue weighted by atomic mass is 9.85. The molecule has 82 valence electrons. The Morgan fingerprint density at radius 3 is 1.86 bits per heavy atom. The molecule has 3 nitrogen and oxygen atoms in total. The van der Waals surface area contributed by atoms with Gasteiger partial charge < -0.3 is 5.11 Å². The van der Waals surface area contributed by atoms with Gasteiger partial charge in [-0.25, -0.2) is 0 Å². The molecule has 0 radical (unpaired) electrons. The molecule has 0 aromatic carbocycles. The Hall–Kier alpha value is -0.860. The van der Waals surface area contributed by atoms with E-state index in [1.54, 1.807) is 0 Å². The topological polar surface area (TPSA) is 54.4 Å². The predicted molar refractivity (Wildman–Crippen MR) is 55.0 cm³/mol. The molecule has 1 atom stereocenters. The van der Waals surface area contributed by atoms with Gasteiger partial charge in [0.25, 0.3) is 0 Å². The number of carboxylic acids is 1. The van der Waals surface area contributed by atoms with Crippen molar-refractivity contribution in [1.82, 2.24) is 0 Å². The maximum absolute atomic E-state index is 11.7. The van der Waals surface area contributed by atoms with Crippen LogP contribution in [0.5, 0.6) is 0 Å². The summed E-state index contributed by atoms with van der Waals surface area (Å²) in [4.78, 5) is 22.2. The average molecular weight is 200 g/mol. The van der Waals surface area contributed by atoms with Crippen LogP contribution in [0.4, 0.5) is 0 Å². The summed E-state index contributed by atoms with van der Waals surface area (Å²) in [7, 11) is 0. The first-order valence-corrected chi connectivity index (χ1v) is 5.09. The first-order valence-electron chi connectivity index (χ1n) is 5.09. The van der Waals surface area contributed by atoms with Crippen molar-refractivity contribution in [2.45, 2.75) is 40.5 Å². The fraction of sp³-hybridized carbons (Fsp3) is 0.818. The van der Waals surface area contributed by atoms with Gasteiger partial charge in [-0.3, -0.25) is 9.59 Å². The number of carbonyl (C=O) groups is 2. The number of ketones is 1. The second-order valence-electron chi connectivity index (χ2n) is 4.51. The van der Waals surface area contributed by atoms with Crippen LogP contribution >= 0.6 is 0 Å². The third-order valence-electron chi connectivity index (χ3n) is 2.22. The zero-order valence-electron chi connectivity index (χ0n) is 9.41. The standard InChI is InChI=1S/C11H20O3/c1-7(2)5-10(12)9(8(3)4)6-11(13)14/h7-9H,5-6H2,1-4H3,(H,13,14). The van der Waals surface area contributed by atoms with Crippen molar-refractivity contribution < 1.29 is 14.7 Å². The molecule has 0 fully saturated rings. The van der Waals surface area contributed by atoms with Crippen molar-refractivity contribution in [3.05, 3.63) is 0 Å². The molecule has 14 heavy (non-hydrogen) atoms. The Balaban J connectivity index is 4.33. The summed E-state index contributed by atoms with van der Waals surface area (Å²) < 4.78 is 0. The highest BCUT2D eigenvalue weighted by Gasteiger charge is 2.24. The van der Waals surface area contributed by atoms with Gasteiger partial charge in [0.05, 0.1) is 6.42 Å². The highest BCUT2D eigenvalue weighted by atomic mass is 16.4. The van der Waals surface area contributed by atoms with E-state index < -0.39 is 5.97 Å². The van der Waals surface area contributed by atoms with Crippen molar-refractivity contribution >= 4 is 11.8 Å². The molecule has 0 bridgehead atoms. The zero-order valence-corrected chi connectivity index (χ0v) is 9.41. The molecule has 0 rings (SSSR count). The van der Waals surface area contributed by atoms with Crippen molar-refractivity contribution in [3.8, 4) is 0 Å². The average Bonchev–Trinajstić information content (AvgIpc) is 1.97. The molecule has 0 aromatic heterocycles. The molecule has 0 heterocycles. The second-order valence-corrected chi connectivity index (χ2v) is 4.51. The summed E-state index contributed by atoms with van der Waals surface area (Å²) in [5.74, 6) is -0.719. The lowest BCUT2D eigenvalue weighted by molar-refractivity contribution is -0.141. The smallest absolute Gasteiger partial charge is 0.304 e. The summed E-state index contributed by atoms with van der Waals surface area (Å²) in [6, 6.07) is 0. The minimum absolute atomic E-state index is 0.0385. The molecule has 0 saturated heterocycles. The van der Waals surface area contributed by atoms with Crippen LogP contribution in [0.1, 0.15) is 40.5 Å². The molecule has 0 spiro atoms. The number of aliphatic carboxylic acids is 1. The van der Waals surface area contributed by atoms with Crippen LogP contribution in [0.25, 0.3) is 0 Å². The van der Waals surface area contributed by atoms with Crippen LogP contribution in [-0.2, 0) is 9.59 Å². The summed E-state index contributed by atoms with van der Waals surface area (Å²) in [5.41, 5.74) is 0. The maximum atomic E-state index is 11.7. The van der Waals surface area contributed by atoms with E-state index in [9.17, 15) is 9.59 Å². The molecule has 0 saturated carbocycles. The lowest BCUT2D eigenvalue weighted by Gasteiger charge is -2.18. The summed E-state index contributed by atoms with van der Waals surface area (Å²) in [6.45, 7) is 7.73. The van der Waals surface area contributed by atoms with E-state index in [0.29, 0.717) is 12.3 Å². The predicted octanol–water partition coefficient (Wildman–Crippen LogP) is 2.35. The van der Waals surface area contributed by atoms with Crippen LogP contribution in [0.15, 0.2) is 0 Å². The lowest BCUT2D eigenvalue weighted by Crippen LogP contribution is -2.24. The zero-order chi connectivity index (χ0) is 11.3.